The summed E-state index contributed by atoms with van der Waals surface area (Å²) in [6.45, 7) is 0.624. The Morgan fingerprint density at radius 2 is 2.35 bits per heavy atom. The maximum absolute atomic E-state index is 12.2. The minimum atomic E-state index is 0.00966. The molecule has 94 valence electrons. The summed E-state index contributed by atoms with van der Waals surface area (Å²) in [6, 6.07) is 3.86. The molecule has 0 radical (unpaired) electrons. The fraction of sp³-hybridized carbons (Fsp3) is 0.583. The van der Waals surface area contributed by atoms with E-state index in [4.69, 9.17) is 17.3 Å². The molecule has 0 saturated heterocycles. The average molecular weight is 273 g/mol. The number of thiophene rings is 1. The van der Waals surface area contributed by atoms with E-state index in [1.807, 2.05) is 19.2 Å². The Morgan fingerprint density at radius 3 is 2.88 bits per heavy atom. The molecular formula is C12H17ClN2OS. The van der Waals surface area contributed by atoms with E-state index in [0.29, 0.717) is 6.54 Å². The number of amides is 1. The maximum Gasteiger partial charge on any atom is 0.227 e. The van der Waals surface area contributed by atoms with Crippen molar-refractivity contribution in [3.05, 3.63) is 21.3 Å². The topological polar surface area (TPSA) is 46.3 Å². The summed E-state index contributed by atoms with van der Waals surface area (Å²) >= 11 is 7.39. The molecule has 0 bridgehead atoms. The van der Waals surface area contributed by atoms with Gasteiger partial charge in [-0.3, -0.25) is 4.79 Å². The Balaban J connectivity index is 1.95. The van der Waals surface area contributed by atoms with Crippen LogP contribution in [0, 0.1) is 5.92 Å². The van der Waals surface area contributed by atoms with Crippen molar-refractivity contribution in [3.63, 3.8) is 0 Å². The molecule has 1 aliphatic rings. The largest absolute Gasteiger partial charge is 0.340 e. The molecule has 2 atom stereocenters. The van der Waals surface area contributed by atoms with Gasteiger partial charge in [-0.2, -0.15) is 0 Å². The van der Waals surface area contributed by atoms with Gasteiger partial charge in [-0.1, -0.05) is 18.0 Å². The summed E-state index contributed by atoms with van der Waals surface area (Å²) in [5.41, 5.74) is 5.95. The smallest absolute Gasteiger partial charge is 0.227 e. The minimum Gasteiger partial charge on any atom is -0.340 e. The van der Waals surface area contributed by atoms with Crippen molar-refractivity contribution in [2.24, 2.45) is 11.7 Å². The van der Waals surface area contributed by atoms with E-state index in [9.17, 15) is 4.79 Å². The number of carbonyl (C=O) groups is 1. The van der Waals surface area contributed by atoms with Crippen LogP contribution in [-0.4, -0.2) is 23.9 Å². The highest BCUT2D eigenvalue weighted by molar-refractivity contribution is 7.16. The summed E-state index contributed by atoms with van der Waals surface area (Å²) in [6.07, 6.45) is 2.96. The first-order valence-electron chi connectivity index (χ1n) is 5.82. The normalized spacial score (nSPS) is 23.9. The Hall–Kier alpha value is -0.580. The molecule has 17 heavy (non-hydrogen) atoms. The molecule has 1 fully saturated rings. The van der Waals surface area contributed by atoms with Crippen LogP contribution < -0.4 is 5.73 Å². The van der Waals surface area contributed by atoms with E-state index in [2.05, 4.69) is 0 Å². The highest BCUT2D eigenvalue weighted by Gasteiger charge is 2.32. The second-order valence-corrected chi connectivity index (χ2v) is 6.40. The lowest BCUT2D eigenvalue weighted by Crippen LogP contribution is -2.39. The summed E-state index contributed by atoms with van der Waals surface area (Å²) in [5, 5.41) is 0. The maximum atomic E-state index is 12.2. The first-order valence-corrected chi connectivity index (χ1v) is 7.02. The van der Waals surface area contributed by atoms with Gasteiger partial charge in [-0.05, 0) is 25.0 Å². The molecule has 1 amide bonds. The van der Waals surface area contributed by atoms with Gasteiger partial charge >= 0.3 is 0 Å². The second-order valence-electron chi connectivity index (χ2n) is 4.60. The Morgan fingerprint density at radius 1 is 1.59 bits per heavy atom. The fourth-order valence-corrected chi connectivity index (χ4v) is 3.47. The van der Waals surface area contributed by atoms with Crippen molar-refractivity contribution < 1.29 is 4.79 Å². The molecule has 1 saturated carbocycles. The zero-order chi connectivity index (χ0) is 12.4. The van der Waals surface area contributed by atoms with Crippen molar-refractivity contribution >= 4 is 28.8 Å². The summed E-state index contributed by atoms with van der Waals surface area (Å²) < 4.78 is 0.762. The molecule has 1 aromatic heterocycles. The first-order chi connectivity index (χ1) is 8.08. The van der Waals surface area contributed by atoms with Gasteiger partial charge < -0.3 is 10.6 Å². The number of rotatable bonds is 3. The van der Waals surface area contributed by atoms with Crippen molar-refractivity contribution in [2.45, 2.75) is 31.8 Å². The molecule has 2 rings (SSSR count). The molecule has 1 aromatic rings. The second kappa shape index (κ2) is 5.38. The van der Waals surface area contributed by atoms with Crippen LogP contribution in [0.15, 0.2) is 12.1 Å². The van der Waals surface area contributed by atoms with Crippen molar-refractivity contribution in [3.8, 4) is 0 Å². The predicted molar refractivity (Wildman–Crippen MR) is 71.1 cm³/mol. The molecule has 0 spiro atoms. The molecule has 1 aliphatic carbocycles. The van der Waals surface area contributed by atoms with Crippen LogP contribution in [-0.2, 0) is 11.3 Å². The number of nitrogens with two attached hydrogens (primary N) is 1. The highest BCUT2D eigenvalue weighted by Crippen LogP contribution is 2.27. The fourth-order valence-electron chi connectivity index (χ4n) is 2.33. The Kier molecular flexibility index (Phi) is 4.07. The van der Waals surface area contributed by atoms with Gasteiger partial charge in [-0.25, -0.2) is 0 Å². The predicted octanol–water partition coefficient (Wildman–Crippen LogP) is 2.49. The number of nitrogens with zero attached hydrogens (tertiary/aromatic N) is 1. The molecule has 0 aromatic carbocycles. The minimum absolute atomic E-state index is 0.00966. The van der Waals surface area contributed by atoms with Crippen LogP contribution in [0.1, 0.15) is 24.1 Å². The monoisotopic (exact) mass is 272 g/mol. The third-order valence-corrected chi connectivity index (χ3v) is 4.50. The lowest BCUT2D eigenvalue weighted by atomic mass is 10.0. The van der Waals surface area contributed by atoms with Gasteiger partial charge in [0, 0.05) is 18.0 Å². The molecule has 3 nitrogen and oxygen atoms in total. The van der Waals surface area contributed by atoms with Gasteiger partial charge in [0.05, 0.1) is 16.8 Å². The van der Waals surface area contributed by atoms with Crippen LogP contribution in [0.25, 0.3) is 0 Å². The molecular weight excluding hydrogens is 256 g/mol. The number of halogens is 1. The molecule has 5 heteroatoms. The molecule has 0 aliphatic heterocycles. The summed E-state index contributed by atoms with van der Waals surface area (Å²) in [5.74, 6) is 0.176. The third kappa shape index (κ3) is 3.00. The summed E-state index contributed by atoms with van der Waals surface area (Å²) in [4.78, 5) is 15.1. The van der Waals surface area contributed by atoms with Crippen LogP contribution >= 0.6 is 22.9 Å². The molecule has 1 heterocycles. The van der Waals surface area contributed by atoms with Gasteiger partial charge in [0.15, 0.2) is 0 Å². The first kappa shape index (κ1) is 12.9. The van der Waals surface area contributed by atoms with Crippen molar-refractivity contribution in [1.29, 1.82) is 0 Å². The standard InChI is InChI=1S/C12H17ClN2OS/c1-15(7-8-5-6-11(13)17-8)12(16)9-3-2-4-10(9)14/h5-6,9-10H,2-4,7,14H2,1H3/t9-,10-/m1/s1. The van der Waals surface area contributed by atoms with Gasteiger partial charge in [-0.15, -0.1) is 11.3 Å². The van der Waals surface area contributed by atoms with E-state index in [1.54, 1.807) is 4.90 Å². The molecule has 0 unspecified atom stereocenters. The Labute approximate surface area is 111 Å². The lowest BCUT2D eigenvalue weighted by Gasteiger charge is -2.22. The number of carbonyl (C=O) groups excluding carboxylic acids is 1. The quantitative estimate of drug-likeness (QED) is 0.919. The van der Waals surface area contributed by atoms with Crippen LogP contribution in [0.3, 0.4) is 0 Å². The van der Waals surface area contributed by atoms with E-state index in [0.717, 1.165) is 28.5 Å². The van der Waals surface area contributed by atoms with E-state index in [-0.39, 0.29) is 17.9 Å². The van der Waals surface area contributed by atoms with Crippen LogP contribution in [0.5, 0.6) is 0 Å². The zero-order valence-electron chi connectivity index (χ0n) is 9.86. The number of hydrogen-bond acceptors (Lipinski definition) is 3. The molecule has 2 N–H and O–H groups in total. The van der Waals surface area contributed by atoms with Gasteiger partial charge in [0.2, 0.25) is 5.91 Å². The van der Waals surface area contributed by atoms with E-state index < -0.39 is 0 Å². The van der Waals surface area contributed by atoms with Crippen molar-refractivity contribution in [2.75, 3.05) is 7.05 Å². The Bertz CT molecular complexity index is 407. The van der Waals surface area contributed by atoms with Crippen LogP contribution in [0.2, 0.25) is 4.34 Å². The SMILES string of the molecule is CN(Cc1ccc(Cl)s1)C(=O)[C@@H]1CCC[C@H]1N. The number of hydrogen-bond donors (Lipinski definition) is 1. The average Bonchev–Trinajstić information content (AvgIpc) is 2.86. The van der Waals surface area contributed by atoms with Gasteiger partial charge in [0.1, 0.15) is 0 Å². The lowest BCUT2D eigenvalue weighted by molar-refractivity contribution is -0.134. The summed E-state index contributed by atoms with van der Waals surface area (Å²) in [7, 11) is 1.83. The zero-order valence-corrected chi connectivity index (χ0v) is 11.4. The van der Waals surface area contributed by atoms with Crippen molar-refractivity contribution in [1.82, 2.24) is 4.90 Å². The van der Waals surface area contributed by atoms with Gasteiger partial charge in [0.25, 0.3) is 0 Å². The third-order valence-electron chi connectivity index (χ3n) is 3.28. The van der Waals surface area contributed by atoms with Crippen LogP contribution in [0.4, 0.5) is 0 Å². The highest BCUT2D eigenvalue weighted by atomic mass is 35.5. The van der Waals surface area contributed by atoms with E-state index in [1.165, 1.54) is 11.3 Å². The van der Waals surface area contributed by atoms with E-state index >= 15 is 0 Å².